The van der Waals surface area contributed by atoms with Crippen LogP contribution in [-0.4, -0.2) is 39.3 Å². The maximum Gasteiger partial charge on any atom is 0.324 e. The van der Waals surface area contributed by atoms with Gasteiger partial charge in [-0.1, -0.05) is 60.9 Å². The van der Waals surface area contributed by atoms with Crippen molar-refractivity contribution in [2.75, 3.05) is 18.9 Å². The molecule has 1 N–H and O–H groups in total. The summed E-state index contributed by atoms with van der Waals surface area (Å²) in [6.45, 7) is 2.91. The maximum atomic E-state index is 12.8. The van der Waals surface area contributed by atoms with E-state index in [2.05, 4.69) is 14.7 Å². The molecular formula is C24H32N4O5S. The van der Waals surface area contributed by atoms with Crippen LogP contribution in [0.25, 0.3) is 10.4 Å². The lowest BCUT2D eigenvalue weighted by atomic mass is 10.1. The molecule has 0 spiro atoms. The van der Waals surface area contributed by atoms with Gasteiger partial charge in [-0.15, -0.1) is 0 Å². The number of sulfonamides is 1. The first-order valence-electron chi connectivity index (χ1n) is 11.4. The van der Waals surface area contributed by atoms with E-state index in [1.165, 1.54) is 0 Å². The number of hydrogen-bond donors (Lipinski definition) is 1. The van der Waals surface area contributed by atoms with E-state index in [0.717, 1.165) is 30.4 Å². The second-order valence-electron chi connectivity index (χ2n) is 7.79. The molecule has 0 amide bonds. The first kappa shape index (κ1) is 27.2. The van der Waals surface area contributed by atoms with Gasteiger partial charge in [-0.2, -0.15) is 0 Å². The monoisotopic (exact) mass is 488 g/mol. The molecule has 0 aliphatic carbocycles. The van der Waals surface area contributed by atoms with Crippen LogP contribution in [0.2, 0.25) is 0 Å². The zero-order valence-electron chi connectivity index (χ0n) is 19.4. The van der Waals surface area contributed by atoms with Gasteiger partial charge in [0, 0.05) is 11.5 Å². The topological polar surface area (TPSA) is 130 Å². The minimum Gasteiger partial charge on any atom is -0.494 e. The SMILES string of the molecule is CCCCS(=O)(=O)NC(Cc1ccc(OCCCCN=[N+]=[N-])cc1)C(=O)OCc1ccccc1. The summed E-state index contributed by atoms with van der Waals surface area (Å²) in [6.07, 6.45) is 2.90. The first-order valence-corrected chi connectivity index (χ1v) is 13.0. The summed E-state index contributed by atoms with van der Waals surface area (Å²) in [4.78, 5) is 15.5. The van der Waals surface area contributed by atoms with E-state index in [1.807, 2.05) is 37.3 Å². The van der Waals surface area contributed by atoms with E-state index in [4.69, 9.17) is 15.0 Å². The van der Waals surface area contributed by atoms with Gasteiger partial charge in [-0.3, -0.25) is 4.79 Å². The van der Waals surface area contributed by atoms with Gasteiger partial charge >= 0.3 is 5.97 Å². The summed E-state index contributed by atoms with van der Waals surface area (Å²) in [5, 5.41) is 3.48. The maximum absolute atomic E-state index is 12.8. The number of nitrogens with zero attached hydrogens (tertiary/aromatic N) is 3. The Kier molecular flexibility index (Phi) is 12.0. The van der Waals surface area contributed by atoms with E-state index in [1.54, 1.807) is 24.3 Å². The molecule has 34 heavy (non-hydrogen) atoms. The van der Waals surface area contributed by atoms with E-state index in [0.29, 0.717) is 25.3 Å². The average Bonchev–Trinajstić information content (AvgIpc) is 2.84. The van der Waals surface area contributed by atoms with Crippen LogP contribution in [0, 0.1) is 0 Å². The number of carbonyl (C=O) groups is 1. The summed E-state index contributed by atoms with van der Waals surface area (Å²) in [5.41, 5.74) is 9.86. The summed E-state index contributed by atoms with van der Waals surface area (Å²) in [5.74, 6) is 0.00172. The standard InChI is InChI=1S/C24H32N4O5S/c1-2-3-17-34(30,31)27-23(24(29)33-19-21-9-5-4-6-10-21)18-20-11-13-22(14-12-20)32-16-8-7-15-26-28-25/h4-6,9-14,23,27H,2-3,7-8,15-19H2,1H3. The lowest BCUT2D eigenvalue weighted by Gasteiger charge is -2.18. The fourth-order valence-electron chi connectivity index (χ4n) is 3.09. The van der Waals surface area contributed by atoms with Crippen molar-refractivity contribution < 1.29 is 22.7 Å². The Balaban J connectivity index is 1.99. The number of azide groups is 1. The van der Waals surface area contributed by atoms with Crippen molar-refractivity contribution in [1.82, 2.24) is 4.72 Å². The molecule has 2 rings (SSSR count). The molecule has 0 saturated heterocycles. The predicted molar refractivity (Wildman–Crippen MR) is 131 cm³/mol. The summed E-state index contributed by atoms with van der Waals surface area (Å²) < 4.78 is 38.5. The summed E-state index contributed by atoms with van der Waals surface area (Å²) in [6, 6.07) is 15.4. The van der Waals surface area contributed by atoms with Crippen LogP contribution < -0.4 is 9.46 Å². The van der Waals surface area contributed by atoms with Gasteiger partial charge in [0.25, 0.3) is 0 Å². The number of benzene rings is 2. The van der Waals surface area contributed by atoms with Crippen molar-refractivity contribution in [2.45, 2.75) is 51.7 Å². The lowest BCUT2D eigenvalue weighted by molar-refractivity contribution is -0.147. The molecule has 0 saturated carbocycles. The molecule has 0 aliphatic heterocycles. The Morgan fingerprint density at radius 1 is 1.06 bits per heavy atom. The smallest absolute Gasteiger partial charge is 0.324 e. The molecule has 1 unspecified atom stereocenters. The van der Waals surface area contributed by atoms with Crippen molar-refractivity contribution in [3.63, 3.8) is 0 Å². The molecule has 1 atom stereocenters. The molecule has 0 fully saturated rings. The first-order chi connectivity index (χ1) is 16.4. The van der Waals surface area contributed by atoms with Gasteiger partial charge < -0.3 is 9.47 Å². The number of unbranched alkanes of at least 4 members (excludes halogenated alkanes) is 2. The van der Waals surface area contributed by atoms with E-state index < -0.39 is 22.0 Å². The van der Waals surface area contributed by atoms with Gasteiger partial charge in [-0.25, -0.2) is 13.1 Å². The number of rotatable bonds is 16. The van der Waals surface area contributed by atoms with Gasteiger partial charge in [0.05, 0.1) is 12.4 Å². The van der Waals surface area contributed by atoms with Crippen LogP contribution in [-0.2, 0) is 32.6 Å². The third-order valence-corrected chi connectivity index (χ3v) is 6.41. The Hall–Kier alpha value is -3.07. The number of esters is 1. The number of nitrogens with one attached hydrogen (secondary N) is 1. The van der Waals surface area contributed by atoms with Crippen molar-refractivity contribution in [3.05, 3.63) is 76.2 Å². The molecule has 0 bridgehead atoms. The minimum absolute atomic E-state index is 0.0432. The van der Waals surface area contributed by atoms with Crippen LogP contribution in [0.3, 0.4) is 0 Å². The van der Waals surface area contributed by atoms with Gasteiger partial charge in [-0.05, 0) is 54.5 Å². The fraction of sp³-hybridized carbons (Fsp3) is 0.458. The highest BCUT2D eigenvalue weighted by Gasteiger charge is 2.26. The normalized spacial score (nSPS) is 11.9. The molecule has 0 aliphatic rings. The summed E-state index contributed by atoms with van der Waals surface area (Å²) in [7, 11) is -3.63. The number of ether oxygens (including phenoxy) is 2. The number of carbonyl (C=O) groups excluding carboxylic acids is 1. The Bertz CT molecular complexity index is 1020. The zero-order valence-corrected chi connectivity index (χ0v) is 20.2. The second-order valence-corrected chi connectivity index (χ2v) is 9.67. The van der Waals surface area contributed by atoms with Crippen molar-refractivity contribution in [1.29, 1.82) is 0 Å². The predicted octanol–water partition coefficient (Wildman–Crippen LogP) is 4.53. The van der Waals surface area contributed by atoms with Crippen LogP contribution in [0.1, 0.15) is 43.7 Å². The van der Waals surface area contributed by atoms with Crippen LogP contribution in [0.15, 0.2) is 59.7 Å². The quantitative estimate of drug-likeness (QED) is 0.122. The minimum atomic E-state index is -3.63. The largest absolute Gasteiger partial charge is 0.494 e. The molecule has 0 radical (unpaired) electrons. The summed E-state index contributed by atoms with van der Waals surface area (Å²) >= 11 is 0. The zero-order chi connectivity index (χ0) is 24.7. The van der Waals surface area contributed by atoms with Crippen molar-refractivity contribution in [3.8, 4) is 5.75 Å². The lowest BCUT2D eigenvalue weighted by Crippen LogP contribution is -2.44. The third kappa shape index (κ3) is 10.7. The molecule has 2 aromatic carbocycles. The molecular weight excluding hydrogens is 456 g/mol. The molecule has 184 valence electrons. The molecule has 0 aromatic heterocycles. The van der Waals surface area contributed by atoms with Crippen LogP contribution in [0.5, 0.6) is 5.75 Å². The fourth-order valence-corrected chi connectivity index (χ4v) is 4.49. The van der Waals surface area contributed by atoms with Gasteiger partial charge in [0.2, 0.25) is 10.0 Å². The highest BCUT2D eigenvalue weighted by molar-refractivity contribution is 7.89. The highest BCUT2D eigenvalue weighted by Crippen LogP contribution is 2.15. The molecule has 0 heterocycles. The van der Waals surface area contributed by atoms with E-state index in [-0.39, 0.29) is 18.8 Å². The Labute approximate surface area is 201 Å². The Morgan fingerprint density at radius 2 is 1.79 bits per heavy atom. The average molecular weight is 489 g/mol. The van der Waals surface area contributed by atoms with Crippen LogP contribution >= 0.6 is 0 Å². The molecule has 9 nitrogen and oxygen atoms in total. The van der Waals surface area contributed by atoms with Gasteiger partial charge in [0.1, 0.15) is 18.4 Å². The number of hydrogen-bond acceptors (Lipinski definition) is 6. The van der Waals surface area contributed by atoms with E-state index in [9.17, 15) is 13.2 Å². The van der Waals surface area contributed by atoms with Crippen molar-refractivity contribution in [2.24, 2.45) is 5.11 Å². The molecule has 10 heteroatoms. The second kappa shape index (κ2) is 15.0. The highest BCUT2D eigenvalue weighted by atomic mass is 32.2. The van der Waals surface area contributed by atoms with Crippen LogP contribution in [0.4, 0.5) is 0 Å². The Morgan fingerprint density at radius 3 is 2.47 bits per heavy atom. The molecule has 2 aromatic rings. The third-order valence-electron chi connectivity index (χ3n) is 4.94. The van der Waals surface area contributed by atoms with E-state index >= 15 is 0 Å². The van der Waals surface area contributed by atoms with Gasteiger partial charge in [0.15, 0.2) is 0 Å². The van der Waals surface area contributed by atoms with Crippen molar-refractivity contribution >= 4 is 16.0 Å².